The zero-order chi connectivity index (χ0) is 47.7. The summed E-state index contributed by atoms with van der Waals surface area (Å²) in [7, 11) is 0. The van der Waals surface area contributed by atoms with Gasteiger partial charge in [0.2, 0.25) is 0 Å². The second kappa shape index (κ2) is 55.1. The Bertz CT molecular complexity index is 1450. The zero-order valence-corrected chi connectivity index (χ0v) is 42.1. The lowest BCUT2D eigenvalue weighted by atomic mass is 10.0. The average molecular weight is 909 g/mol. The van der Waals surface area contributed by atoms with Crippen LogP contribution in [-0.4, -0.2) is 36.4 Å². The van der Waals surface area contributed by atoms with Gasteiger partial charge in [-0.1, -0.05) is 224 Å². The monoisotopic (exact) mass is 909 g/mol. The molecule has 0 saturated carbocycles. The van der Waals surface area contributed by atoms with Crippen LogP contribution in [0.3, 0.4) is 0 Å². The van der Waals surface area contributed by atoms with E-state index in [4.69, 9.17) is 9.47 Å². The van der Waals surface area contributed by atoms with Gasteiger partial charge in [0.05, 0.1) is 6.61 Å². The largest absolute Gasteiger partial charge is 0.462 e. The van der Waals surface area contributed by atoms with E-state index in [1.54, 1.807) is 0 Å². The highest BCUT2D eigenvalue weighted by Crippen LogP contribution is 2.14. The van der Waals surface area contributed by atoms with Gasteiger partial charge in [-0.2, -0.15) is 0 Å². The molecular formula is C61H96O5. The zero-order valence-electron chi connectivity index (χ0n) is 42.1. The normalized spacial score (nSPS) is 13.4. The van der Waals surface area contributed by atoms with Gasteiger partial charge in [-0.15, -0.1) is 0 Å². The first-order chi connectivity index (χ1) is 32.6. The number of carbonyl (C=O) groups excluding carboxylic acids is 2. The van der Waals surface area contributed by atoms with Crippen LogP contribution in [0.5, 0.6) is 0 Å². The van der Waals surface area contributed by atoms with Crippen LogP contribution in [0.2, 0.25) is 0 Å². The molecule has 1 unspecified atom stereocenters. The van der Waals surface area contributed by atoms with E-state index < -0.39 is 6.10 Å². The molecule has 0 bridgehead atoms. The lowest BCUT2D eigenvalue weighted by molar-refractivity contribution is -0.161. The van der Waals surface area contributed by atoms with E-state index in [2.05, 4.69) is 160 Å². The molecule has 1 N–H and O–H groups in total. The van der Waals surface area contributed by atoms with Gasteiger partial charge >= 0.3 is 11.9 Å². The fraction of sp³-hybridized carbons (Fsp3) is 0.574. The number of rotatable bonds is 46. The summed E-state index contributed by atoms with van der Waals surface area (Å²) in [6.07, 6.45) is 83.7. The Morgan fingerprint density at radius 3 is 0.939 bits per heavy atom. The molecule has 370 valence electrons. The van der Waals surface area contributed by atoms with Gasteiger partial charge in [0.15, 0.2) is 6.10 Å². The minimum absolute atomic E-state index is 0.0945. The van der Waals surface area contributed by atoms with E-state index in [1.165, 1.54) is 64.2 Å². The maximum Gasteiger partial charge on any atom is 0.306 e. The number of carbonyl (C=O) groups is 2. The molecule has 0 saturated heterocycles. The molecule has 0 aliphatic rings. The second-order valence-electron chi connectivity index (χ2n) is 16.8. The predicted molar refractivity (Wildman–Crippen MR) is 287 cm³/mol. The third kappa shape index (κ3) is 52.4. The van der Waals surface area contributed by atoms with Gasteiger partial charge in [-0.05, 0) is 116 Å². The lowest BCUT2D eigenvalue weighted by Gasteiger charge is -2.15. The van der Waals surface area contributed by atoms with E-state index in [9.17, 15) is 14.7 Å². The Kier molecular flexibility index (Phi) is 51.6. The number of esters is 2. The molecule has 5 heteroatoms. The van der Waals surface area contributed by atoms with E-state index >= 15 is 0 Å². The first-order valence-corrected chi connectivity index (χ1v) is 26.4. The SMILES string of the molecule is CC/C=C\C/C=C\C/C=C\C/C=C\C/C=C\C/C=C\C/C=C\C/C=C\CCCCC(=O)OC(CO)COC(=O)CCCCCCCCCCCCCC/C=C\C/C=C\C/C=C\C/C=C\CC. The maximum absolute atomic E-state index is 12.3. The highest BCUT2D eigenvalue weighted by atomic mass is 16.6. The maximum atomic E-state index is 12.3. The third-order valence-electron chi connectivity index (χ3n) is 10.6. The quantitative estimate of drug-likeness (QED) is 0.0374. The Morgan fingerprint density at radius 2 is 0.606 bits per heavy atom. The second-order valence-corrected chi connectivity index (χ2v) is 16.8. The summed E-state index contributed by atoms with van der Waals surface area (Å²) in [4.78, 5) is 24.5. The fourth-order valence-electron chi connectivity index (χ4n) is 6.74. The van der Waals surface area contributed by atoms with E-state index in [0.29, 0.717) is 12.8 Å². The van der Waals surface area contributed by atoms with Crippen molar-refractivity contribution in [3.05, 3.63) is 146 Å². The van der Waals surface area contributed by atoms with E-state index in [0.717, 1.165) is 109 Å². The number of ether oxygens (including phenoxy) is 2. The Balaban J connectivity index is 3.65. The molecular weight excluding hydrogens is 813 g/mol. The molecule has 0 aromatic heterocycles. The third-order valence-corrected chi connectivity index (χ3v) is 10.6. The Hall–Kier alpha value is -4.22. The van der Waals surface area contributed by atoms with Crippen molar-refractivity contribution in [2.24, 2.45) is 0 Å². The van der Waals surface area contributed by atoms with Crippen LogP contribution in [0.15, 0.2) is 146 Å². The Labute approximate surface area is 406 Å². The first-order valence-electron chi connectivity index (χ1n) is 26.4. The number of aliphatic hydroxyl groups excluding tert-OH is 1. The van der Waals surface area contributed by atoms with Crippen molar-refractivity contribution >= 4 is 11.9 Å². The first kappa shape index (κ1) is 61.8. The fourth-order valence-corrected chi connectivity index (χ4v) is 6.74. The molecule has 0 aliphatic carbocycles. The molecule has 0 radical (unpaired) electrons. The molecule has 0 fully saturated rings. The van der Waals surface area contributed by atoms with Crippen molar-refractivity contribution in [1.82, 2.24) is 0 Å². The summed E-state index contributed by atoms with van der Waals surface area (Å²) in [6, 6.07) is 0. The molecule has 0 spiro atoms. The Morgan fingerprint density at radius 1 is 0.348 bits per heavy atom. The molecule has 0 aliphatic heterocycles. The molecule has 66 heavy (non-hydrogen) atoms. The lowest BCUT2D eigenvalue weighted by Crippen LogP contribution is -2.28. The van der Waals surface area contributed by atoms with Gasteiger partial charge in [-0.25, -0.2) is 0 Å². The van der Waals surface area contributed by atoms with Gasteiger partial charge in [0.25, 0.3) is 0 Å². The van der Waals surface area contributed by atoms with E-state index in [-0.39, 0.29) is 31.6 Å². The van der Waals surface area contributed by atoms with Gasteiger partial charge < -0.3 is 14.6 Å². The highest BCUT2D eigenvalue weighted by Gasteiger charge is 2.16. The van der Waals surface area contributed by atoms with Crippen LogP contribution >= 0.6 is 0 Å². The number of hydrogen-bond donors (Lipinski definition) is 1. The highest BCUT2D eigenvalue weighted by molar-refractivity contribution is 5.70. The summed E-state index contributed by atoms with van der Waals surface area (Å²) in [5.74, 6) is -0.654. The smallest absolute Gasteiger partial charge is 0.306 e. The summed E-state index contributed by atoms with van der Waals surface area (Å²) in [5, 5.41) is 9.63. The molecule has 0 amide bonds. The van der Waals surface area contributed by atoms with Crippen molar-refractivity contribution in [3.8, 4) is 0 Å². The number of unbranched alkanes of at least 4 members (excludes halogenated alkanes) is 14. The van der Waals surface area contributed by atoms with Crippen molar-refractivity contribution in [2.75, 3.05) is 13.2 Å². The number of hydrogen-bond acceptors (Lipinski definition) is 5. The molecule has 0 aromatic carbocycles. The molecule has 5 nitrogen and oxygen atoms in total. The molecule has 0 rings (SSSR count). The summed E-state index contributed by atoms with van der Waals surface area (Å²) >= 11 is 0. The standard InChI is InChI=1S/C61H96O5/c1-3-5-7-9-11-13-15-17-19-21-23-25-27-29-30-32-34-36-38-40-42-44-46-48-50-52-54-56-61(64)66-59(57-62)58-65-60(63)55-53-51-49-47-45-43-41-39-37-35-33-31-28-26-24-22-20-18-16-14-12-10-8-6-4-2/h5-8,11-14,17-20,23-26,29-30,34,36,40,42,46,48,59,62H,3-4,9-10,15-16,21-22,27-28,31-33,35,37-39,41,43-45,47,49-58H2,1-2H3/b7-5-,8-6-,13-11-,14-12-,19-17-,20-18-,25-23-,26-24-,30-29-,36-34-,42-40-,48-46-. The van der Waals surface area contributed by atoms with Gasteiger partial charge in [-0.3, -0.25) is 9.59 Å². The van der Waals surface area contributed by atoms with Crippen LogP contribution in [0, 0.1) is 0 Å². The van der Waals surface area contributed by atoms with Crippen LogP contribution < -0.4 is 0 Å². The van der Waals surface area contributed by atoms with E-state index in [1.807, 2.05) is 0 Å². The number of aliphatic hydroxyl groups is 1. The predicted octanol–water partition coefficient (Wildman–Crippen LogP) is 17.9. The molecule has 1 atom stereocenters. The topological polar surface area (TPSA) is 72.8 Å². The minimum atomic E-state index is -0.808. The average Bonchev–Trinajstić information content (AvgIpc) is 3.32. The summed E-state index contributed by atoms with van der Waals surface area (Å²) < 4.78 is 10.7. The van der Waals surface area contributed by atoms with Crippen molar-refractivity contribution in [3.63, 3.8) is 0 Å². The summed E-state index contributed by atoms with van der Waals surface area (Å²) in [5.41, 5.74) is 0. The van der Waals surface area contributed by atoms with Crippen molar-refractivity contribution in [1.29, 1.82) is 0 Å². The van der Waals surface area contributed by atoms with Gasteiger partial charge in [0, 0.05) is 12.8 Å². The van der Waals surface area contributed by atoms with Crippen LogP contribution in [0.1, 0.15) is 206 Å². The van der Waals surface area contributed by atoms with Crippen molar-refractivity contribution in [2.45, 2.75) is 213 Å². The molecule has 0 heterocycles. The van der Waals surface area contributed by atoms with Crippen LogP contribution in [0.25, 0.3) is 0 Å². The van der Waals surface area contributed by atoms with Crippen molar-refractivity contribution < 1.29 is 24.2 Å². The van der Waals surface area contributed by atoms with Crippen LogP contribution in [0.4, 0.5) is 0 Å². The summed E-state index contributed by atoms with van der Waals surface area (Å²) in [6.45, 7) is 3.87. The van der Waals surface area contributed by atoms with Crippen LogP contribution in [-0.2, 0) is 19.1 Å². The number of allylic oxidation sites excluding steroid dienone is 24. The minimum Gasteiger partial charge on any atom is -0.462 e. The molecule has 0 aromatic rings. The van der Waals surface area contributed by atoms with Gasteiger partial charge in [0.1, 0.15) is 6.61 Å².